The van der Waals surface area contributed by atoms with Crippen molar-refractivity contribution in [3.05, 3.63) is 41.7 Å². The molecule has 5 heteroatoms. The van der Waals surface area contributed by atoms with E-state index in [9.17, 15) is 0 Å². The average Bonchev–Trinajstić information content (AvgIpc) is 2.77. The number of nitriles is 1. The van der Waals surface area contributed by atoms with Crippen LogP contribution in [0.15, 0.2) is 34.7 Å². The topological polar surface area (TPSA) is 49.6 Å². The van der Waals surface area contributed by atoms with E-state index in [2.05, 4.69) is 15.4 Å². The minimum atomic E-state index is -0.0922. The number of nitrogens with zero attached hydrogens (tertiary/aromatic N) is 3. The van der Waals surface area contributed by atoms with Gasteiger partial charge in [0.25, 0.3) is 0 Å². The fraction of sp³-hybridized carbons (Fsp3) is 0.250. The van der Waals surface area contributed by atoms with Gasteiger partial charge in [0, 0.05) is 5.75 Å². The summed E-state index contributed by atoms with van der Waals surface area (Å²) >= 11 is 2.98. The number of hydrogen-bond donors (Lipinski definition) is 0. The molecule has 17 heavy (non-hydrogen) atoms. The lowest BCUT2D eigenvalue weighted by Crippen LogP contribution is -1.98. The van der Waals surface area contributed by atoms with Crippen LogP contribution in [0.5, 0.6) is 0 Å². The van der Waals surface area contributed by atoms with Crippen molar-refractivity contribution in [2.45, 2.75) is 17.2 Å². The van der Waals surface area contributed by atoms with Gasteiger partial charge in [-0.2, -0.15) is 9.64 Å². The summed E-state index contributed by atoms with van der Waals surface area (Å²) in [5.41, 5.74) is 1.06. The molecule has 1 unspecified atom stereocenters. The van der Waals surface area contributed by atoms with Gasteiger partial charge in [-0.25, -0.2) is 4.98 Å². The lowest BCUT2D eigenvalue weighted by atomic mass is 10.0. The van der Waals surface area contributed by atoms with E-state index in [1.165, 1.54) is 11.5 Å². The van der Waals surface area contributed by atoms with Gasteiger partial charge in [0.1, 0.15) is 5.82 Å². The van der Waals surface area contributed by atoms with Crippen LogP contribution in [0.4, 0.5) is 0 Å². The highest BCUT2D eigenvalue weighted by Crippen LogP contribution is 2.26. The zero-order valence-corrected chi connectivity index (χ0v) is 11.0. The van der Waals surface area contributed by atoms with Gasteiger partial charge in [-0.05, 0) is 24.0 Å². The first-order valence-electron chi connectivity index (χ1n) is 5.17. The van der Waals surface area contributed by atoms with Crippen LogP contribution in [0.2, 0.25) is 0 Å². The summed E-state index contributed by atoms with van der Waals surface area (Å²) in [7, 11) is 0. The van der Waals surface area contributed by atoms with Gasteiger partial charge >= 0.3 is 0 Å². The number of hydrogen-bond acceptors (Lipinski definition) is 5. The molecule has 2 aromatic rings. The van der Waals surface area contributed by atoms with E-state index < -0.39 is 0 Å². The Morgan fingerprint density at radius 2 is 2.18 bits per heavy atom. The van der Waals surface area contributed by atoms with Crippen LogP contribution in [0.3, 0.4) is 0 Å². The number of rotatable bonds is 4. The van der Waals surface area contributed by atoms with Crippen LogP contribution in [0, 0.1) is 18.3 Å². The SMILES string of the molecule is Cc1nsc(SCC(C#N)c2ccccc2)n1. The van der Waals surface area contributed by atoms with E-state index in [0.29, 0.717) is 0 Å². The molecule has 1 aromatic carbocycles. The molecule has 0 saturated heterocycles. The molecule has 1 heterocycles. The third-order valence-electron chi connectivity index (χ3n) is 2.24. The van der Waals surface area contributed by atoms with Crippen LogP contribution in [0.25, 0.3) is 0 Å². The second-order valence-electron chi connectivity index (χ2n) is 3.51. The van der Waals surface area contributed by atoms with Gasteiger partial charge in [-0.1, -0.05) is 42.1 Å². The minimum Gasteiger partial charge on any atom is -0.213 e. The molecule has 1 aromatic heterocycles. The monoisotopic (exact) mass is 261 g/mol. The van der Waals surface area contributed by atoms with E-state index in [-0.39, 0.29) is 5.92 Å². The Balaban J connectivity index is 2.00. The van der Waals surface area contributed by atoms with E-state index in [4.69, 9.17) is 5.26 Å². The van der Waals surface area contributed by atoms with Gasteiger partial charge in [0.15, 0.2) is 4.34 Å². The van der Waals surface area contributed by atoms with Crippen LogP contribution < -0.4 is 0 Å². The molecule has 0 radical (unpaired) electrons. The first kappa shape index (κ1) is 12.1. The molecule has 0 bridgehead atoms. The van der Waals surface area contributed by atoms with Crippen LogP contribution in [-0.2, 0) is 0 Å². The van der Waals surface area contributed by atoms with Gasteiger partial charge in [-0.15, -0.1) is 0 Å². The molecule has 0 amide bonds. The maximum Gasteiger partial charge on any atom is 0.170 e. The lowest BCUT2D eigenvalue weighted by molar-refractivity contribution is 0.993. The Morgan fingerprint density at radius 1 is 1.41 bits per heavy atom. The Kier molecular flexibility index (Phi) is 4.13. The third kappa shape index (κ3) is 3.29. The molecule has 2 rings (SSSR count). The molecule has 3 nitrogen and oxygen atoms in total. The second kappa shape index (κ2) is 5.80. The molecule has 86 valence electrons. The van der Waals surface area contributed by atoms with Crippen molar-refractivity contribution in [3.8, 4) is 6.07 Å². The summed E-state index contributed by atoms with van der Waals surface area (Å²) in [5.74, 6) is 1.42. The highest BCUT2D eigenvalue weighted by Gasteiger charge is 2.12. The van der Waals surface area contributed by atoms with Crippen LogP contribution in [0.1, 0.15) is 17.3 Å². The van der Waals surface area contributed by atoms with Crippen molar-refractivity contribution >= 4 is 23.3 Å². The zero-order chi connectivity index (χ0) is 12.1. The predicted molar refractivity (Wildman–Crippen MR) is 70.2 cm³/mol. The summed E-state index contributed by atoms with van der Waals surface area (Å²) in [4.78, 5) is 4.27. The van der Waals surface area contributed by atoms with Gasteiger partial charge < -0.3 is 0 Å². The Morgan fingerprint density at radius 3 is 2.76 bits per heavy atom. The molecule has 0 spiro atoms. The maximum absolute atomic E-state index is 9.17. The minimum absolute atomic E-state index is 0.0922. The lowest BCUT2D eigenvalue weighted by Gasteiger charge is -2.06. The Labute approximate surface area is 109 Å². The van der Waals surface area contributed by atoms with Crippen molar-refractivity contribution < 1.29 is 0 Å². The first-order chi connectivity index (χ1) is 8.29. The molecule has 0 saturated carbocycles. The normalized spacial score (nSPS) is 12.0. The second-order valence-corrected chi connectivity index (χ2v) is 5.53. The molecule has 0 aliphatic heterocycles. The largest absolute Gasteiger partial charge is 0.213 e. The summed E-state index contributed by atoms with van der Waals surface area (Å²) < 4.78 is 5.05. The van der Waals surface area contributed by atoms with E-state index >= 15 is 0 Å². The highest BCUT2D eigenvalue weighted by molar-refractivity contribution is 8.00. The van der Waals surface area contributed by atoms with Crippen LogP contribution in [-0.4, -0.2) is 15.1 Å². The van der Waals surface area contributed by atoms with Gasteiger partial charge in [0.05, 0.1) is 12.0 Å². The van der Waals surface area contributed by atoms with Gasteiger partial charge in [-0.3, -0.25) is 0 Å². The molecular weight excluding hydrogens is 250 g/mol. The quantitative estimate of drug-likeness (QED) is 0.793. The van der Waals surface area contributed by atoms with Crippen molar-refractivity contribution in [1.29, 1.82) is 5.26 Å². The van der Waals surface area contributed by atoms with E-state index in [1.54, 1.807) is 11.8 Å². The van der Waals surface area contributed by atoms with Crippen LogP contribution >= 0.6 is 23.3 Å². The predicted octanol–water partition coefficient (Wildman–Crippen LogP) is 3.25. The Bertz CT molecular complexity index is 516. The molecule has 1 atom stereocenters. The van der Waals surface area contributed by atoms with Crippen molar-refractivity contribution in [1.82, 2.24) is 9.36 Å². The summed E-state index contributed by atoms with van der Waals surface area (Å²) in [6.07, 6.45) is 0. The molecule has 0 fully saturated rings. The van der Waals surface area contributed by atoms with E-state index in [1.807, 2.05) is 37.3 Å². The fourth-order valence-electron chi connectivity index (χ4n) is 1.38. The standard InChI is InChI=1S/C12H11N3S2/c1-9-14-12(17-15-9)16-8-11(7-13)10-5-3-2-4-6-10/h2-6,11H,8H2,1H3. The van der Waals surface area contributed by atoms with Crippen molar-refractivity contribution in [3.63, 3.8) is 0 Å². The summed E-state index contributed by atoms with van der Waals surface area (Å²) in [6, 6.07) is 12.2. The maximum atomic E-state index is 9.17. The van der Waals surface area contributed by atoms with Gasteiger partial charge in [0.2, 0.25) is 0 Å². The Hall–Kier alpha value is -1.38. The molecular formula is C12H11N3S2. The number of benzene rings is 1. The van der Waals surface area contributed by atoms with E-state index in [0.717, 1.165) is 21.5 Å². The summed E-state index contributed by atoms with van der Waals surface area (Å²) in [5, 5.41) is 9.17. The number of aromatic nitrogens is 2. The summed E-state index contributed by atoms with van der Waals surface area (Å²) in [6.45, 7) is 1.87. The van der Waals surface area contributed by atoms with Crippen molar-refractivity contribution in [2.24, 2.45) is 0 Å². The zero-order valence-electron chi connectivity index (χ0n) is 9.33. The fourth-order valence-corrected chi connectivity index (χ4v) is 3.11. The highest BCUT2D eigenvalue weighted by atomic mass is 32.2. The first-order valence-corrected chi connectivity index (χ1v) is 6.93. The van der Waals surface area contributed by atoms with Crippen molar-refractivity contribution in [2.75, 3.05) is 5.75 Å². The average molecular weight is 261 g/mol. The third-order valence-corrected chi connectivity index (χ3v) is 4.26. The molecule has 0 N–H and O–H groups in total. The molecule has 0 aliphatic rings. The smallest absolute Gasteiger partial charge is 0.170 e. The number of thioether (sulfide) groups is 1. The number of aryl methyl sites for hydroxylation is 1. The molecule has 0 aliphatic carbocycles.